The van der Waals surface area contributed by atoms with Gasteiger partial charge in [0.1, 0.15) is 11.9 Å². The van der Waals surface area contributed by atoms with E-state index in [2.05, 4.69) is 38.5 Å². The van der Waals surface area contributed by atoms with E-state index in [0.717, 1.165) is 44.1 Å². The van der Waals surface area contributed by atoms with Gasteiger partial charge in [0.2, 0.25) is 0 Å². The van der Waals surface area contributed by atoms with Crippen LogP contribution in [0.5, 0.6) is 5.75 Å². The van der Waals surface area contributed by atoms with Crippen molar-refractivity contribution in [3.05, 3.63) is 54.0 Å². The minimum absolute atomic E-state index is 0. The highest BCUT2D eigenvalue weighted by Gasteiger charge is 2.18. The summed E-state index contributed by atoms with van der Waals surface area (Å²) >= 11 is 0. The number of ether oxygens (including phenoxy) is 1. The molecular weight excluding hydrogens is 522 g/mol. The van der Waals surface area contributed by atoms with E-state index in [9.17, 15) is 4.39 Å². The second-order valence-electron chi connectivity index (χ2n) is 7.71. The maximum absolute atomic E-state index is 13.8. The predicted molar refractivity (Wildman–Crippen MR) is 139 cm³/mol. The molecule has 0 amide bonds. The molecule has 0 bridgehead atoms. The predicted octanol–water partition coefficient (Wildman–Crippen LogP) is 3.11. The van der Waals surface area contributed by atoms with Gasteiger partial charge in [0.05, 0.1) is 13.1 Å². The van der Waals surface area contributed by atoms with E-state index < -0.39 is 0 Å². The van der Waals surface area contributed by atoms with E-state index in [1.807, 2.05) is 26.1 Å². The summed E-state index contributed by atoms with van der Waals surface area (Å²) in [6.07, 6.45) is 1.62. The normalized spacial score (nSPS) is 15.6. The van der Waals surface area contributed by atoms with Crippen molar-refractivity contribution in [2.45, 2.75) is 26.5 Å². The van der Waals surface area contributed by atoms with Crippen molar-refractivity contribution in [1.82, 2.24) is 20.5 Å². The molecule has 9 heteroatoms. The topological polar surface area (TPSA) is 65.0 Å². The molecule has 0 radical (unpaired) electrons. The van der Waals surface area contributed by atoms with Gasteiger partial charge >= 0.3 is 0 Å². The Kier molecular flexibility index (Phi) is 10.9. The molecule has 0 spiro atoms. The third kappa shape index (κ3) is 7.77. The summed E-state index contributed by atoms with van der Waals surface area (Å²) in [7, 11) is 2.15. The molecular formula is C23H34FIN6O. The van der Waals surface area contributed by atoms with Gasteiger partial charge in [0, 0.05) is 44.5 Å². The first kappa shape index (κ1) is 26.1. The Morgan fingerprint density at radius 2 is 1.91 bits per heavy atom. The van der Waals surface area contributed by atoms with Crippen molar-refractivity contribution >= 4 is 35.8 Å². The van der Waals surface area contributed by atoms with E-state index in [1.165, 1.54) is 6.07 Å². The molecule has 0 aliphatic carbocycles. The average Bonchev–Trinajstić information content (AvgIpc) is 2.78. The summed E-state index contributed by atoms with van der Waals surface area (Å²) in [6, 6.07) is 10.5. The molecule has 1 aliphatic rings. The van der Waals surface area contributed by atoms with E-state index in [4.69, 9.17) is 9.73 Å². The van der Waals surface area contributed by atoms with Gasteiger partial charge in [-0.2, -0.15) is 0 Å². The molecule has 1 aliphatic heterocycles. The molecule has 2 aromatic rings. The lowest BCUT2D eigenvalue weighted by molar-refractivity contribution is 0.214. The van der Waals surface area contributed by atoms with Crippen molar-refractivity contribution in [1.29, 1.82) is 0 Å². The third-order valence-electron chi connectivity index (χ3n) is 5.14. The minimum Gasteiger partial charge on any atom is -0.486 e. The lowest BCUT2D eigenvalue weighted by Crippen LogP contribution is -2.45. The molecule has 1 saturated heterocycles. The van der Waals surface area contributed by atoms with Gasteiger partial charge in [-0.15, -0.1) is 24.0 Å². The molecule has 176 valence electrons. The zero-order valence-corrected chi connectivity index (χ0v) is 21.4. The fourth-order valence-electron chi connectivity index (χ4n) is 3.40. The number of nitrogens with zero attached hydrogens (tertiary/aromatic N) is 4. The average molecular weight is 556 g/mol. The minimum atomic E-state index is -0.358. The summed E-state index contributed by atoms with van der Waals surface area (Å²) in [5.41, 5.74) is 1.10. The summed E-state index contributed by atoms with van der Waals surface area (Å²) < 4.78 is 19.5. The van der Waals surface area contributed by atoms with Crippen molar-refractivity contribution in [3.63, 3.8) is 0 Å². The van der Waals surface area contributed by atoms with Crippen molar-refractivity contribution in [3.8, 4) is 5.75 Å². The molecule has 1 atom stereocenters. The van der Waals surface area contributed by atoms with E-state index in [0.29, 0.717) is 19.0 Å². The number of hydrogen-bond donors (Lipinski definition) is 2. The third-order valence-corrected chi connectivity index (χ3v) is 5.14. The molecule has 32 heavy (non-hydrogen) atoms. The number of rotatable bonds is 8. The van der Waals surface area contributed by atoms with Crippen LogP contribution in [0.3, 0.4) is 0 Å². The Bertz CT molecular complexity index is 860. The number of halogens is 2. The lowest BCUT2D eigenvalue weighted by atomic mass is 10.2. The standard InChI is InChI=1S/C23H33FN6O.HI/c1-4-25-23(27-16-18(2)31-21-10-6-5-9-20(21)24)28-17-19-8-7-11-26-22(19)30-14-12-29(3)13-15-30;/h5-11,18H,4,12-17H2,1-3H3,(H2,25,27,28);1H. The first-order valence-corrected chi connectivity index (χ1v) is 10.9. The number of aliphatic imine (C=N–C) groups is 1. The first-order valence-electron chi connectivity index (χ1n) is 10.9. The summed E-state index contributed by atoms with van der Waals surface area (Å²) in [5, 5.41) is 6.54. The largest absolute Gasteiger partial charge is 0.486 e. The van der Waals surface area contributed by atoms with Crippen LogP contribution >= 0.6 is 24.0 Å². The second-order valence-corrected chi connectivity index (χ2v) is 7.71. The second kappa shape index (κ2) is 13.4. The fraction of sp³-hybridized carbons (Fsp3) is 0.478. The van der Waals surface area contributed by atoms with Crippen LogP contribution in [0.2, 0.25) is 0 Å². The van der Waals surface area contributed by atoms with Crippen LogP contribution in [0.1, 0.15) is 19.4 Å². The van der Waals surface area contributed by atoms with Crippen molar-refractivity contribution in [2.24, 2.45) is 4.99 Å². The Hall–Kier alpha value is -2.14. The van der Waals surface area contributed by atoms with Gasteiger partial charge in [-0.1, -0.05) is 18.2 Å². The number of para-hydroxylation sites is 1. The van der Waals surface area contributed by atoms with Crippen LogP contribution in [0, 0.1) is 5.82 Å². The monoisotopic (exact) mass is 556 g/mol. The highest BCUT2D eigenvalue weighted by Crippen LogP contribution is 2.20. The molecule has 1 fully saturated rings. The van der Waals surface area contributed by atoms with E-state index in [1.54, 1.807) is 18.2 Å². The number of piperazine rings is 1. The first-order chi connectivity index (χ1) is 15.1. The van der Waals surface area contributed by atoms with Crippen LogP contribution in [0.25, 0.3) is 0 Å². The number of aromatic nitrogens is 1. The fourth-order valence-corrected chi connectivity index (χ4v) is 3.40. The van der Waals surface area contributed by atoms with Crippen LogP contribution in [-0.2, 0) is 6.54 Å². The molecule has 3 rings (SSSR count). The molecule has 0 saturated carbocycles. The SMILES string of the molecule is CCNC(=NCc1cccnc1N1CCN(C)CC1)NCC(C)Oc1ccccc1F.I. The quantitative estimate of drug-likeness (QED) is 0.296. The molecule has 2 N–H and O–H groups in total. The van der Waals surface area contributed by atoms with Gasteiger partial charge in [0.15, 0.2) is 17.5 Å². The number of benzene rings is 1. The van der Waals surface area contributed by atoms with E-state index >= 15 is 0 Å². The summed E-state index contributed by atoms with van der Waals surface area (Å²) in [6.45, 7) is 9.68. The maximum atomic E-state index is 13.8. The van der Waals surface area contributed by atoms with Gasteiger partial charge in [0.25, 0.3) is 0 Å². The molecule has 2 heterocycles. The van der Waals surface area contributed by atoms with Gasteiger partial charge in [-0.25, -0.2) is 14.4 Å². The molecule has 1 aromatic carbocycles. The number of guanidine groups is 1. The zero-order chi connectivity index (χ0) is 22.1. The van der Waals surface area contributed by atoms with Crippen LogP contribution in [0.4, 0.5) is 10.2 Å². The number of nitrogens with one attached hydrogen (secondary N) is 2. The number of pyridine rings is 1. The lowest BCUT2D eigenvalue weighted by Gasteiger charge is -2.34. The van der Waals surface area contributed by atoms with Crippen LogP contribution in [-0.4, -0.2) is 68.3 Å². The number of hydrogen-bond acceptors (Lipinski definition) is 5. The molecule has 1 aromatic heterocycles. The summed E-state index contributed by atoms with van der Waals surface area (Å²) in [5.74, 6) is 1.60. The number of anilines is 1. The molecule has 7 nitrogen and oxygen atoms in total. The van der Waals surface area contributed by atoms with Crippen LogP contribution in [0.15, 0.2) is 47.6 Å². The van der Waals surface area contributed by atoms with Gasteiger partial charge < -0.3 is 25.2 Å². The molecule has 1 unspecified atom stereocenters. The Labute approximate surface area is 207 Å². The Balaban J connectivity index is 0.00000363. The highest BCUT2D eigenvalue weighted by atomic mass is 127. The van der Waals surface area contributed by atoms with Crippen LogP contribution < -0.4 is 20.3 Å². The van der Waals surface area contributed by atoms with Crippen molar-refractivity contribution in [2.75, 3.05) is 51.2 Å². The Morgan fingerprint density at radius 1 is 1.16 bits per heavy atom. The Morgan fingerprint density at radius 3 is 2.62 bits per heavy atom. The van der Waals surface area contributed by atoms with Gasteiger partial charge in [-0.05, 0) is 39.1 Å². The maximum Gasteiger partial charge on any atom is 0.191 e. The van der Waals surface area contributed by atoms with Crippen molar-refractivity contribution < 1.29 is 9.13 Å². The smallest absolute Gasteiger partial charge is 0.191 e. The van der Waals surface area contributed by atoms with E-state index in [-0.39, 0.29) is 41.6 Å². The zero-order valence-electron chi connectivity index (χ0n) is 19.1. The summed E-state index contributed by atoms with van der Waals surface area (Å²) in [4.78, 5) is 14.0. The highest BCUT2D eigenvalue weighted by molar-refractivity contribution is 14.0. The number of likely N-dealkylation sites (N-methyl/N-ethyl adjacent to an activating group) is 1. The van der Waals surface area contributed by atoms with Gasteiger partial charge in [-0.3, -0.25) is 0 Å².